The topological polar surface area (TPSA) is 46.0 Å². The van der Waals surface area contributed by atoms with Crippen LogP contribution < -0.4 is 4.74 Å². The average Bonchev–Trinajstić information content (AvgIpc) is 2.25. The Hall–Kier alpha value is -1.45. The lowest BCUT2D eigenvalue weighted by molar-refractivity contribution is 0.327. The number of aromatic nitrogens is 1. The molecule has 0 atom stereocenters. The number of hydrogen-bond acceptors (Lipinski definition) is 3. The van der Waals surface area contributed by atoms with Crippen molar-refractivity contribution in [3.63, 3.8) is 0 Å². The van der Waals surface area contributed by atoms with Gasteiger partial charge >= 0.3 is 0 Å². The lowest BCUT2D eigenvalue weighted by Crippen LogP contribution is -2.01. The quantitative estimate of drug-likeness (QED) is 0.658. The lowest BCUT2D eigenvalue weighted by atomic mass is 10.1. The molecule has 1 aromatic heterocycles. The molecule has 0 fully saturated rings. The summed E-state index contributed by atoms with van der Waals surface area (Å²) in [6.45, 7) is 0.441. The molecule has 2 heterocycles. The van der Waals surface area contributed by atoms with Gasteiger partial charge in [-0.05, 0) is 0 Å². The molecule has 13 heavy (non-hydrogen) atoms. The molecule has 0 aromatic carbocycles. The van der Waals surface area contributed by atoms with Crippen LogP contribution in [0.3, 0.4) is 0 Å². The number of nitrogens with one attached hydrogen (secondary N) is 1. The van der Waals surface area contributed by atoms with E-state index in [4.69, 9.17) is 10.1 Å². The van der Waals surface area contributed by atoms with Crippen LogP contribution in [0.25, 0.3) is 0 Å². The van der Waals surface area contributed by atoms with E-state index in [1.165, 1.54) is 6.07 Å². The zero-order valence-corrected chi connectivity index (χ0v) is 7.01. The highest BCUT2D eigenvalue weighted by molar-refractivity contribution is 5.84. The predicted molar refractivity (Wildman–Crippen MR) is 45.7 cm³/mol. The number of hydrogen-bond donors (Lipinski definition) is 1. The monoisotopic (exact) mass is 180 g/mol. The number of pyridine rings is 1. The van der Waals surface area contributed by atoms with Gasteiger partial charge in [0.2, 0.25) is 0 Å². The van der Waals surface area contributed by atoms with Crippen molar-refractivity contribution in [1.82, 2.24) is 4.98 Å². The van der Waals surface area contributed by atoms with Gasteiger partial charge in [0.25, 0.3) is 0 Å². The van der Waals surface area contributed by atoms with Gasteiger partial charge < -0.3 is 10.1 Å². The van der Waals surface area contributed by atoms with Crippen LogP contribution in [0.4, 0.5) is 4.39 Å². The van der Waals surface area contributed by atoms with Crippen molar-refractivity contribution in [1.29, 1.82) is 5.41 Å². The fourth-order valence-electron chi connectivity index (χ4n) is 1.28. The van der Waals surface area contributed by atoms with Crippen molar-refractivity contribution >= 4 is 5.71 Å². The van der Waals surface area contributed by atoms with Gasteiger partial charge in [-0.3, -0.25) is 4.98 Å². The Morgan fingerprint density at radius 2 is 2.38 bits per heavy atom. The van der Waals surface area contributed by atoms with Crippen LogP contribution in [-0.2, 0) is 6.42 Å². The summed E-state index contributed by atoms with van der Waals surface area (Å²) in [4.78, 5) is 3.89. The molecule has 3 nitrogen and oxygen atoms in total. The molecule has 0 amide bonds. The highest BCUT2D eigenvalue weighted by Gasteiger charge is 2.13. The average molecular weight is 180 g/mol. The molecule has 2 rings (SSSR count). The zero-order chi connectivity index (χ0) is 9.26. The standard InChI is InChI=1S/C9H9FN2O/c10-6-3-9-8(12-5-6)4-7(11)1-2-13-9/h3,5,11H,1-2,4H2. The molecule has 1 aliphatic rings. The van der Waals surface area contributed by atoms with Crippen LogP contribution in [0.5, 0.6) is 5.75 Å². The Kier molecular flexibility index (Phi) is 1.96. The first-order valence-electron chi connectivity index (χ1n) is 4.09. The number of halogens is 1. The number of ether oxygens (including phenoxy) is 1. The van der Waals surface area contributed by atoms with Gasteiger partial charge in [0.05, 0.1) is 18.5 Å². The molecule has 0 radical (unpaired) electrons. The van der Waals surface area contributed by atoms with E-state index in [1.54, 1.807) is 0 Å². The second-order valence-corrected chi connectivity index (χ2v) is 2.98. The number of rotatable bonds is 0. The molecular weight excluding hydrogens is 171 g/mol. The first-order chi connectivity index (χ1) is 6.25. The van der Waals surface area contributed by atoms with Gasteiger partial charge in [-0.25, -0.2) is 4.39 Å². The van der Waals surface area contributed by atoms with Crippen molar-refractivity contribution in [3.05, 3.63) is 23.8 Å². The molecule has 0 unspecified atom stereocenters. The van der Waals surface area contributed by atoms with Crippen LogP contribution >= 0.6 is 0 Å². The summed E-state index contributed by atoms with van der Waals surface area (Å²) in [7, 11) is 0. The third-order valence-corrected chi connectivity index (χ3v) is 1.94. The summed E-state index contributed by atoms with van der Waals surface area (Å²) in [6.07, 6.45) is 2.22. The van der Waals surface area contributed by atoms with Crippen LogP contribution in [-0.4, -0.2) is 17.3 Å². The molecule has 68 valence electrons. The van der Waals surface area contributed by atoms with E-state index in [2.05, 4.69) is 4.98 Å². The summed E-state index contributed by atoms with van der Waals surface area (Å²) >= 11 is 0. The Morgan fingerprint density at radius 3 is 3.23 bits per heavy atom. The molecule has 1 aliphatic heterocycles. The van der Waals surface area contributed by atoms with Gasteiger partial charge in [0, 0.05) is 24.6 Å². The SMILES string of the molecule is N=C1CCOc2cc(F)cnc2C1. The Morgan fingerprint density at radius 1 is 1.54 bits per heavy atom. The van der Waals surface area contributed by atoms with Gasteiger partial charge in [0.15, 0.2) is 0 Å². The third kappa shape index (κ3) is 1.66. The fraction of sp³-hybridized carbons (Fsp3) is 0.333. The molecule has 0 aliphatic carbocycles. The van der Waals surface area contributed by atoms with Crippen LogP contribution in [0.15, 0.2) is 12.3 Å². The molecule has 0 spiro atoms. The minimum atomic E-state index is -0.396. The minimum absolute atomic E-state index is 0.396. The molecule has 0 bridgehead atoms. The summed E-state index contributed by atoms with van der Waals surface area (Å²) < 4.78 is 18.0. The smallest absolute Gasteiger partial charge is 0.145 e. The van der Waals surface area contributed by atoms with Crippen LogP contribution in [0.1, 0.15) is 12.1 Å². The molecule has 4 heteroatoms. The number of nitrogens with zero attached hydrogens (tertiary/aromatic N) is 1. The summed E-state index contributed by atoms with van der Waals surface area (Å²) in [6, 6.07) is 1.32. The van der Waals surface area contributed by atoms with E-state index < -0.39 is 5.82 Å². The van der Waals surface area contributed by atoms with Crippen molar-refractivity contribution in [2.75, 3.05) is 6.61 Å². The molecule has 1 N–H and O–H groups in total. The van der Waals surface area contributed by atoms with Gasteiger partial charge in [-0.2, -0.15) is 0 Å². The normalized spacial score (nSPS) is 15.9. The molecule has 0 saturated heterocycles. The van der Waals surface area contributed by atoms with Gasteiger partial charge in [-0.1, -0.05) is 0 Å². The Labute approximate surface area is 75.1 Å². The van der Waals surface area contributed by atoms with Crippen molar-refractivity contribution in [3.8, 4) is 5.75 Å². The van der Waals surface area contributed by atoms with Crippen LogP contribution in [0, 0.1) is 11.2 Å². The van der Waals surface area contributed by atoms with Crippen LogP contribution in [0.2, 0.25) is 0 Å². The maximum Gasteiger partial charge on any atom is 0.145 e. The summed E-state index contributed by atoms with van der Waals surface area (Å²) in [5.41, 5.74) is 1.24. The third-order valence-electron chi connectivity index (χ3n) is 1.94. The van der Waals surface area contributed by atoms with E-state index >= 15 is 0 Å². The highest BCUT2D eigenvalue weighted by atomic mass is 19.1. The fourth-order valence-corrected chi connectivity index (χ4v) is 1.28. The van der Waals surface area contributed by atoms with E-state index in [1.807, 2.05) is 0 Å². The molecule has 0 saturated carbocycles. The summed E-state index contributed by atoms with van der Waals surface area (Å²) in [5, 5.41) is 7.50. The second kappa shape index (κ2) is 3.12. The van der Waals surface area contributed by atoms with Gasteiger partial charge in [-0.15, -0.1) is 0 Å². The zero-order valence-electron chi connectivity index (χ0n) is 7.01. The van der Waals surface area contributed by atoms with Gasteiger partial charge in [0.1, 0.15) is 11.6 Å². The second-order valence-electron chi connectivity index (χ2n) is 2.98. The highest BCUT2D eigenvalue weighted by Crippen LogP contribution is 2.21. The number of fused-ring (bicyclic) bond motifs is 1. The minimum Gasteiger partial charge on any atom is -0.491 e. The Bertz CT molecular complexity index is 351. The van der Waals surface area contributed by atoms with Crippen molar-refractivity contribution < 1.29 is 9.13 Å². The maximum atomic E-state index is 12.7. The summed E-state index contributed by atoms with van der Waals surface area (Å²) in [5.74, 6) is 0.0782. The molecule has 1 aromatic rings. The van der Waals surface area contributed by atoms with E-state index in [0.717, 1.165) is 6.20 Å². The van der Waals surface area contributed by atoms with E-state index in [0.29, 0.717) is 36.6 Å². The van der Waals surface area contributed by atoms with Crippen molar-refractivity contribution in [2.24, 2.45) is 0 Å². The largest absolute Gasteiger partial charge is 0.491 e. The van der Waals surface area contributed by atoms with E-state index in [9.17, 15) is 4.39 Å². The first-order valence-corrected chi connectivity index (χ1v) is 4.09. The maximum absolute atomic E-state index is 12.7. The predicted octanol–water partition coefficient (Wildman–Crippen LogP) is 1.57. The lowest BCUT2D eigenvalue weighted by Gasteiger charge is -2.04. The Balaban J connectivity index is 2.40. The van der Waals surface area contributed by atoms with E-state index in [-0.39, 0.29) is 0 Å². The molecular formula is C9H9FN2O. The van der Waals surface area contributed by atoms with Crippen molar-refractivity contribution in [2.45, 2.75) is 12.8 Å². The first kappa shape index (κ1) is 8.16.